The van der Waals surface area contributed by atoms with Crippen molar-refractivity contribution in [3.05, 3.63) is 18.2 Å². The van der Waals surface area contributed by atoms with Crippen LogP contribution in [0.15, 0.2) is 17.4 Å². The Labute approximate surface area is 90.0 Å². The number of amidine groups is 1. The Hall–Kier alpha value is -1.32. The maximum absolute atomic E-state index is 5.99. The molecule has 1 aromatic heterocycles. The number of hydrogen-bond donors (Lipinski definition) is 2. The summed E-state index contributed by atoms with van der Waals surface area (Å²) in [7, 11) is 0. The quantitative estimate of drug-likeness (QED) is 0.587. The van der Waals surface area contributed by atoms with E-state index >= 15 is 0 Å². The molecule has 1 aliphatic rings. The SMILES string of the molecule is CC(N=C(N)C1CCCC1)c1ncc[nH]1. The molecule has 3 N–H and O–H groups in total. The number of aliphatic imine (C=N–C) groups is 1. The molecule has 0 aromatic carbocycles. The molecule has 4 nitrogen and oxygen atoms in total. The lowest BCUT2D eigenvalue weighted by molar-refractivity contribution is 0.688. The number of aromatic nitrogens is 2. The molecule has 1 atom stereocenters. The maximum Gasteiger partial charge on any atom is 0.130 e. The van der Waals surface area contributed by atoms with Gasteiger partial charge in [-0.25, -0.2) is 4.98 Å². The van der Waals surface area contributed by atoms with Crippen molar-refractivity contribution in [1.29, 1.82) is 0 Å². The first-order valence-electron chi connectivity index (χ1n) is 5.60. The first-order valence-corrected chi connectivity index (χ1v) is 5.60. The van der Waals surface area contributed by atoms with Crippen LogP contribution in [-0.2, 0) is 0 Å². The van der Waals surface area contributed by atoms with E-state index in [4.69, 9.17) is 5.73 Å². The summed E-state index contributed by atoms with van der Waals surface area (Å²) in [5.41, 5.74) is 5.99. The lowest BCUT2D eigenvalue weighted by Gasteiger charge is -2.10. The Morgan fingerprint density at radius 3 is 2.93 bits per heavy atom. The lowest BCUT2D eigenvalue weighted by Crippen LogP contribution is -2.22. The molecule has 1 saturated carbocycles. The summed E-state index contributed by atoms with van der Waals surface area (Å²) in [5.74, 6) is 2.19. The third-order valence-electron chi connectivity index (χ3n) is 3.03. The average molecular weight is 206 g/mol. The van der Waals surface area contributed by atoms with Gasteiger partial charge in [-0.2, -0.15) is 0 Å². The number of imidazole rings is 1. The normalized spacial score (nSPS) is 20.7. The summed E-state index contributed by atoms with van der Waals surface area (Å²) in [5, 5.41) is 0. The van der Waals surface area contributed by atoms with E-state index in [1.165, 1.54) is 25.7 Å². The monoisotopic (exact) mass is 206 g/mol. The smallest absolute Gasteiger partial charge is 0.130 e. The zero-order valence-corrected chi connectivity index (χ0v) is 9.11. The Bertz CT molecular complexity index is 322. The molecule has 82 valence electrons. The van der Waals surface area contributed by atoms with Crippen LogP contribution >= 0.6 is 0 Å². The van der Waals surface area contributed by atoms with E-state index in [0.29, 0.717) is 5.92 Å². The van der Waals surface area contributed by atoms with Crippen molar-refractivity contribution in [2.24, 2.45) is 16.6 Å². The molecule has 1 heterocycles. The minimum absolute atomic E-state index is 0.0422. The van der Waals surface area contributed by atoms with Crippen LogP contribution in [0.4, 0.5) is 0 Å². The second-order valence-corrected chi connectivity index (χ2v) is 4.19. The van der Waals surface area contributed by atoms with E-state index in [1.54, 1.807) is 6.20 Å². The van der Waals surface area contributed by atoms with Crippen LogP contribution in [0.1, 0.15) is 44.5 Å². The third kappa shape index (κ3) is 2.37. The van der Waals surface area contributed by atoms with E-state index in [-0.39, 0.29) is 6.04 Å². The van der Waals surface area contributed by atoms with Crippen LogP contribution in [-0.4, -0.2) is 15.8 Å². The summed E-state index contributed by atoms with van der Waals surface area (Å²) in [6.45, 7) is 2.01. The van der Waals surface area contributed by atoms with E-state index in [0.717, 1.165) is 11.7 Å². The molecule has 0 radical (unpaired) electrons. The Morgan fingerprint density at radius 1 is 1.60 bits per heavy atom. The molecule has 0 spiro atoms. The molecule has 1 fully saturated rings. The van der Waals surface area contributed by atoms with Gasteiger partial charge in [0, 0.05) is 18.3 Å². The predicted octanol–water partition coefficient (Wildman–Crippen LogP) is 2.02. The molecular formula is C11H18N4. The fourth-order valence-corrected chi connectivity index (χ4v) is 2.12. The van der Waals surface area contributed by atoms with Crippen LogP contribution in [0.25, 0.3) is 0 Å². The summed E-state index contributed by atoms with van der Waals surface area (Å²) in [6.07, 6.45) is 8.52. The van der Waals surface area contributed by atoms with Gasteiger partial charge < -0.3 is 10.7 Å². The van der Waals surface area contributed by atoms with Gasteiger partial charge in [-0.05, 0) is 19.8 Å². The van der Waals surface area contributed by atoms with Crippen molar-refractivity contribution in [2.45, 2.75) is 38.6 Å². The van der Waals surface area contributed by atoms with Crippen molar-refractivity contribution in [3.8, 4) is 0 Å². The van der Waals surface area contributed by atoms with E-state index in [2.05, 4.69) is 15.0 Å². The van der Waals surface area contributed by atoms with Crippen molar-refractivity contribution in [3.63, 3.8) is 0 Å². The second-order valence-electron chi connectivity index (χ2n) is 4.19. The van der Waals surface area contributed by atoms with E-state index in [1.807, 2.05) is 13.1 Å². The molecule has 1 aromatic rings. The summed E-state index contributed by atoms with van der Waals surface area (Å²) < 4.78 is 0. The van der Waals surface area contributed by atoms with Crippen LogP contribution in [0, 0.1) is 5.92 Å². The highest BCUT2D eigenvalue weighted by atomic mass is 15.0. The highest BCUT2D eigenvalue weighted by Crippen LogP contribution is 2.25. The fraction of sp³-hybridized carbons (Fsp3) is 0.636. The first kappa shape index (κ1) is 10.2. The topological polar surface area (TPSA) is 67.1 Å². The zero-order valence-electron chi connectivity index (χ0n) is 9.11. The molecule has 0 aliphatic heterocycles. The van der Waals surface area contributed by atoms with Gasteiger partial charge in [0.2, 0.25) is 0 Å². The molecule has 1 aliphatic carbocycles. The summed E-state index contributed by atoms with van der Waals surface area (Å²) in [4.78, 5) is 11.7. The number of nitrogens with two attached hydrogens (primary N) is 1. The minimum Gasteiger partial charge on any atom is -0.387 e. The highest BCUT2D eigenvalue weighted by Gasteiger charge is 2.19. The van der Waals surface area contributed by atoms with Gasteiger partial charge in [-0.1, -0.05) is 12.8 Å². The lowest BCUT2D eigenvalue weighted by atomic mass is 10.1. The number of H-pyrrole nitrogens is 1. The number of nitrogens with zero attached hydrogens (tertiary/aromatic N) is 2. The molecule has 0 bridgehead atoms. The zero-order chi connectivity index (χ0) is 10.7. The Morgan fingerprint density at radius 2 is 2.33 bits per heavy atom. The third-order valence-corrected chi connectivity index (χ3v) is 3.03. The Kier molecular flexibility index (Phi) is 3.04. The van der Waals surface area contributed by atoms with Gasteiger partial charge in [0.25, 0.3) is 0 Å². The Balaban J connectivity index is 2.02. The number of rotatable bonds is 3. The second kappa shape index (κ2) is 4.47. The standard InChI is InChI=1S/C11H18N4/c1-8(11-13-6-7-14-11)15-10(12)9-4-2-3-5-9/h6-9H,2-5H2,1H3,(H2,12,15)(H,13,14). The van der Waals surface area contributed by atoms with Crippen molar-refractivity contribution in [2.75, 3.05) is 0 Å². The van der Waals surface area contributed by atoms with Gasteiger partial charge in [0.1, 0.15) is 11.9 Å². The molecule has 2 rings (SSSR count). The van der Waals surface area contributed by atoms with Gasteiger partial charge in [0.15, 0.2) is 0 Å². The largest absolute Gasteiger partial charge is 0.387 e. The first-order chi connectivity index (χ1) is 7.27. The number of aromatic amines is 1. The van der Waals surface area contributed by atoms with Crippen molar-refractivity contribution < 1.29 is 0 Å². The highest BCUT2D eigenvalue weighted by molar-refractivity contribution is 5.83. The number of nitrogens with one attached hydrogen (secondary N) is 1. The molecule has 4 heteroatoms. The van der Waals surface area contributed by atoms with Crippen LogP contribution in [0.2, 0.25) is 0 Å². The van der Waals surface area contributed by atoms with Gasteiger partial charge >= 0.3 is 0 Å². The maximum atomic E-state index is 5.99. The predicted molar refractivity (Wildman–Crippen MR) is 60.6 cm³/mol. The van der Waals surface area contributed by atoms with Crippen LogP contribution in [0.5, 0.6) is 0 Å². The van der Waals surface area contributed by atoms with Crippen LogP contribution in [0.3, 0.4) is 0 Å². The van der Waals surface area contributed by atoms with Crippen molar-refractivity contribution in [1.82, 2.24) is 9.97 Å². The minimum atomic E-state index is 0.0422. The van der Waals surface area contributed by atoms with E-state index < -0.39 is 0 Å². The van der Waals surface area contributed by atoms with E-state index in [9.17, 15) is 0 Å². The summed E-state index contributed by atoms with van der Waals surface area (Å²) >= 11 is 0. The molecule has 0 saturated heterocycles. The number of hydrogen-bond acceptors (Lipinski definition) is 2. The molecular weight excluding hydrogens is 188 g/mol. The average Bonchev–Trinajstić information content (AvgIpc) is 2.91. The molecule has 15 heavy (non-hydrogen) atoms. The van der Waals surface area contributed by atoms with Gasteiger partial charge in [0.05, 0.1) is 5.84 Å². The van der Waals surface area contributed by atoms with Gasteiger partial charge in [-0.3, -0.25) is 4.99 Å². The molecule has 1 unspecified atom stereocenters. The van der Waals surface area contributed by atoms with Gasteiger partial charge in [-0.15, -0.1) is 0 Å². The van der Waals surface area contributed by atoms with Crippen molar-refractivity contribution >= 4 is 5.84 Å². The fourth-order valence-electron chi connectivity index (χ4n) is 2.12. The van der Waals surface area contributed by atoms with Crippen LogP contribution < -0.4 is 5.73 Å². The summed E-state index contributed by atoms with van der Waals surface area (Å²) in [6, 6.07) is 0.0422. The molecule has 0 amide bonds.